The third-order valence-corrected chi connectivity index (χ3v) is 3.57. The van der Waals surface area contributed by atoms with Crippen molar-refractivity contribution in [2.45, 2.75) is 13.3 Å². The van der Waals surface area contributed by atoms with Crippen LogP contribution in [0.4, 0.5) is 11.4 Å². The second kappa shape index (κ2) is 8.51. The number of carbonyl (C=O) groups is 1. The lowest BCUT2D eigenvalue weighted by Gasteiger charge is -2.17. The number of thioether (sulfide) groups is 1. The smallest absolute Gasteiger partial charge is 0.292 e. The summed E-state index contributed by atoms with van der Waals surface area (Å²) in [5.41, 5.74) is 0.848. The summed E-state index contributed by atoms with van der Waals surface area (Å²) < 4.78 is 0. The Bertz CT molecular complexity index is 508. The average Bonchev–Trinajstić information content (AvgIpc) is 2.49. The predicted octanol–water partition coefficient (Wildman–Crippen LogP) is 2.85. The van der Waals surface area contributed by atoms with Crippen molar-refractivity contribution in [3.63, 3.8) is 0 Å². The molecule has 0 saturated heterocycles. The fraction of sp³-hybridized carbons (Fsp3) is 0.500. The van der Waals surface area contributed by atoms with Gasteiger partial charge in [0.15, 0.2) is 0 Å². The molecule has 0 atom stereocenters. The van der Waals surface area contributed by atoms with Crippen LogP contribution in [0, 0.1) is 10.1 Å². The van der Waals surface area contributed by atoms with Crippen molar-refractivity contribution in [1.29, 1.82) is 0 Å². The Balaban J connectivity index is 2.98. The Morgan fingerprint density at radius 2 is 2.19 bits per heavy atom. The summed E-state index contributed by atoms with van der Waals surface area (Å²) >= 11 is 1.67. The molecule has 0 fully saturated rings. The highest BCUT2D eigenvalue weighted by Gasteiger charge is 2.18. The Kier molecular flexibility index (Phi) is 7.01. The van der Waals surface area contributed by atoms with Crippen LogP contribution in [-0.4, -0.2) is 47.9 Å². The van der Waals surface area contributed by atoms with E-state index < -0.39 is 4.92 Å². The van der Waals surface area contributed by atoms with Crippen LogP contribution >= 0.6 is 11.8 Å². The molecule has 0 radical (unpaired) electrons. The van der Waals surface area contributed by atoms with Crippen molar-refractivity contribution < 1.29 is 9.72 Å². The number of rotatable bonds is 8. The first-order chi connectivity index (χ1) is 10.0. The summed E-state index contributed by atoms with van der Waals surface area (Å²) in [5.74, 6) is 0.731. The minimum atomic E-state index is -0.441. The van der Waals surface area contributed by atoms with Crippen LogP contribution in [0.3, 0.4) is 0 Å². The zero-order chi connectivity index (χ0) is 15.8. The van der Waals surface area contributed by atoms with Crippen molar-refractivity contribution in [3.05, 3.63) is 33.9 Å². The Labute approximate surface area is 129 Å². The van der Waals surface area contributed by atoms with E-state index in [2.05, 4.69) is 5.32 Å². The molecule has 7 heteroatoms. The summed E-state index contributed by atoms with van der Waals surface area (Å²) in [6.07, 6.45) is 2.83. The minimum absolute atomic E-state index is 0.00762. The van der Waals surface area contributed by atoms with E-state index in [0.717, 1.165) is 12.2 Å². The van der Waals surface area contributed by atoms with Crippen molar-refractivity contribution in [2.24, 2.45) is 0 Å². The van der Waals surface area contributed by atoms with Gasteiger partial charge >= 0.3 is 0 Å². The zero-order valence-electron chi connectivity index (χ0n) is 12.6. The van der Waals surface area contributed by atoms with Crippen LogP contribution in [0.1, 0.15) is 23.7 Å². The molecule has 0 bridgehead atoms. The first kappa shape index (κ1) is 17.3. The summed E-state index contributed by atoms with van der Waals surface area (Å²) in [6.45, 7) is 3.25. The normalized spacial score (nSPS) is 10.2. The number of carbonyl (C=O) groups excluding carboxylic acids is 1. The fourth-order valence-electron chi connectivity index (χ4n) is 1.78. The maximum Gasteiger partial charge on any atom is 0.292 e. The monoisotopic (exact) mass is 311 g/mol. The van der Waals surface area contributed by atoms with Gasteiger partial charge in [0.2, 0.25) is 0 Å². The van der Waals surface area contributed by atoms with Crippen LogP contribution in [0.15, 0.2) is 18.2 Å². The quantitative estimate of drug-likeness (QED) is 0.590. The highest BCUT2D eigenvalue weighted by atomic mass is 32.2. The Morgan fingerprint density at radius 3 is 2.76 bits per heavy atom. The van der Waals surface area contributed by atoms with Crippen LogP contribution < -0.4 is 5.32 Å². The summed E-state index contributed by atoms with van der Waals surface area (Å²) in [6, 6.07) is 4.45. The molecule has 6 nitrogen and oxygen atoms in total. The predicted molar refractivity (Wildman–Crippen MR) is 87.2 cm³/mol. The van der Waals surface area contributed by atoms with Crippen LogP contribution in [-0.2, 0) is 0 Å². The van der Waals surface area contributed by atoms with Crippen molar-refractivity contribution >= 4 is 29.0 Å². The molecular formula is C14H21N3O3S. The van der Waals surface area contributed by atoms with Gasteiger partial charge in [-0.15, -0.1) is 0 Å². The largest absolute Gasteiger partial charge is 0.379 e. The minimum Gasteiger partial charge on any atom is -0.379 e. The number of nitrogens with zero attached hydrogens (tertiary/aromatic N) is 2. The van der Waals surface area contributed by atoms with E-state index >= 15 is 0 Å². The molecule has 0 aliphatic heterocycles. The number of hydrogen-bond donors (Lipinski definition) is 1. The summed E-state index contributed by atoms with van der Waals surface area (Å²) in [4.78, 5) is 24.5. The fourth-order valence-corrected chi connectivity index (χ4v) is 2.24. The SMILES string of the molecule is CCCNc1cc(C(=O)N(C)CCSC)ccc1[N+](=O)[O-]. The van der Waals surface area contributed by atoms with Gasteiger partial charge in [-0.3, -0.25) is 14.9 Å². The lowest BCUT2D eigenvalue weighted by atomic mass is 10.1. The number of nitro benzene ring substituents is 1. The third kappa shape index (κ3) is 4.93. The number of anilines is 1. The molecule has 0 heterocycles. The highest BCUT2D eigenvalue weighted by molar-refractivity contribution is 7.98. The van der Waals surface area contributed by atoms with Gasteiger partial charge in [0.1, 0.15) is 5.69 Å². The van der Waals surface area contributed by atoms with Gasteiger partial charge in [0, 0.05) is 37.5 Å². The van der Waals surface area contributed by atoms with Gasteiger partial charge in [0.05, 0.1) is 4.92 Å². The lowest BCUT2D eigenvalue weighted by molar-refractivity contribution is -0.384. The average molecular weight is 311 g/mol. The van der Waals surface area contributed by atoms with Crippen LogP contribution in [0.5, 0.6) is 0 Å². The van der Waals surface area contributed by atoms with E-state index in [0.29, 0.717) is 24.3 Å². The Morgan fingerprint density at radius 1 is 1.48 bits per heavy atom. The molecule has 0 aromatic heterocycles. The molecule has 0 unspecified atom stereocenters. The van der Waals surface area contributed by atoms with Crippen LogP contribution in [0.25, 0.3) is 0 Å². The van der Waals surface area contributed by atoms with Crippen molar-refractivity contribution in [3.8, 4) is 0 Å². The molecule has 1 N–H and O–H groups in total. The van der Waals surface area contributed by atoms with Gasteiger partial charge in [-0.2, -0.15) is 11.8 Å². The molecule has 0 aliphatic rings. The molecule has 116 valence electrons. The first-order valence-corrected chi connectivity index (χ1v) is 8.17. The van der Waals surface area contributed by atoms with Gasteiger partial charge in [-0.25, -0.2) is 0 Å². The standard InChI is InChI=1S/C14H21N3O3S/c1-4-7-15-12-10-11(5-6-13(12)17(19)20)14(18)16(2)8-9-21-3/h5-6,10,15H,4,7-9H2,1-3H3. The molecule has 0 aliphatic carbocycles. The maximum atomic E-state index is 12.3. The third-order valence-electron chi connectivity index (χ3n) is 2.98. The molecule has 0 saturated carbocycles. The maximum absolute atomic E-state index is 12.3. The second-order valence-electron chi connectivity index (χ2n) is 4.64. The van der Waals surface area contributed by atoms with Gasteiger partial charge < -0.3 is 10.2 Å². The van der Waals surface area contributed by atoms with Crippen molar-refractivity contribution in [2.75, 3.05) is 37.5 Å². The lowest BCUT2D eigenvalue weighted by Crippen LogP contribution is -2.29. The number of amides is 1. The second-order valence-corrected chi connectivity index (χ2v) is 5.62. The first-order valence-electron chi connectivity index (χ1n) is 6.78. The van der Waals surface area contributed by atoms with Crippen LogP contribution in [0.2, 0.25) is 0 Å². The summed E-state index contributed by atoms with van der Waals surface area (Å²) in [7, 11) is 1.74. The van der Waals surface area contributed by atoms with E-state index in [9.17, 15) is 14.9 Å². The summed E-state index contributed by atoms with van der Waals surface area (Å²) in [5, 5.41) is 14.0. The van der Waals surface area contributed by atoms with E-state index in [1.807, 2.05) is 13.2 Å². The number of nitrogens with one attached hydrogen (secondary N) is 1. The van der Waals surface area contributed by atoms with Gasteiger partial charge in [-0.1, -0.05) is 6.92 Å². The topological polar surface area (TPSA) is 75.5 Å². The number of benzene rings is 1. The highest BCUT2D eigenvalue weighted by Crippen LogP contribution is 2.26. The molecule has 1 rings (SSSR count). The zero-order valence-corrected chi connectivity index (χ0v) is 13.4. The molecule has 1 amide bonds. The van der Waals surface area contributed by atoms with E-state index in [1.54, 1.807) is 29.8 Å². The van der Waals surface area contributed by atoms with Gasteiger partial charge in [0.25, 0.3) is 11.6 Å². The number of hydrogen-bond acceptors (Lipinski definition) is 5. The number of nitro groups is 1. The van der Waals surface area contributed by atoms with E-state index in [4.69, 9.17) is 0 Å². The molecule has 21 heavy (non-hydrogen) atoms. The molecular weight excluding hydrogens is 290 g/mol. The molecule has 1 aromatic carbocycles. The van der Waals surface area contributed by atoms with Gasteiger partial charge in [-0.05, 0) is 24.8 Å². The molecule has 1 aromatic rings. The Hall–Kier alpha value is -1.76. The van der Waals surface area contributed by atoms with E-state index in [-0.39, 0.29) is 11.6 Å². The van der Waals surface area contributed by atoms with Crippen molar-refractivity contribution in [1.82, 2.24) is 4.90 Å². The van der Waals surface area contributed by atoms with E-state index in [1.165, 1.54) is 12.1 Å². The molecule has 0 spiro atoms.